The minimum Gasteiger partial charge on any atom is -0.479 e. The molecule has 0 radical (unpaired) electrons. The van der Waals surface area contributed by atoms with Crippen molar-refractivity contribution >= 4 is 17.4 Å². The molecule has 0 N–H and O–H groups in total. The molecule has 0 aliphatic carbocycles. The van der Waals surface area contributed by atoms with Crippen molar-refractivity contribution in [3.8, 4) is 5.75 Å². The number of hydrogen-bond donors (Lipinski definition) is 0. The molecule has 2 aromatic rings. The minimum atomic E-state index is -0.644. The third-order valence-corrected chi connectivity index (χ3v) is 4.55. The van der Waals surface area contributed by atoms with Crippen molar-refractivity contribution in [1.29, 1.82) is 0 Å². The number of carbonyl (C=O) groups is 2. The van der Waals surface area contributed by atoms with Gasteiger partial charge < -0.3 is 14.2 Å². The highest BCUT2D eigenvalue weighted by molar-refractivity contribution is 6.03. The zero-order valence-electron chi connectivity index (χ0n) is 14.6. The van der Waals surface area contributed by atoms with Gasteiger partial charge >= 0.3 is 0 Å². The molecule has 2 atom stereocenters. The molecule has 6 nitrogen and oxygen atoms in total. The highest BCUT2D eigenvalue weighted by Crippen LogP contribution is 2.34. The molecule has 0 spiro atoms. The molecule has 3 rings (SSSR count). The number of likely N-dealkylation sites (N-methyl/N-ethyl adjacent to an activating group) is 1. The Morgan fingerprint density at radius 3 is 2.68 bits per heavy atom. The molecule has 1 aliphatic rings. The van der Waals surface area contributed by atoms with E-state index >= 15 is 0 Å². The van der Waals surface area contributed by atoms with E-state index in [9.17, 15) is 14.4 Å². The Kier molecular flexibility index (Phi) is 4.20. The quantitative estimate of drug-likeness (QED) is 0.804. The SMILES string of the molecule is Cc1cccn(C(C)C(=O)c2ccc3c(c2)N(C)C(=O)C(C)O3)c1=O. The predicted octanol–water partition coefficient (Wildman–Crippen LogP) is 2.34. The highest BCUT2D eigenvalue weighted by Gasteiger charge is 2.30. The number of rotatable bonds is 3. The summed E-state index contributed by atoms with van der Waals surface area (Å²) in [6.45, 7) is 5.09. The smallest absolute Gasteiger partial charge is 0.267 e. The average Bonchev–Trinajstić information content (AvgIpc) is 2.61. The summed E-state index contributed by atoms with van der Waals surface area (Å²) in [5.41, 5.74) is 1.38. The van der Waals surface area contributed by atoms with Gasteiger partial charge in [-0.05, 0) is 45.0 Å². The number of hydrogen-bond acceptors (Lipinski definition) is 4. The molecule has 1 amide bonds. The second kappa shape index (κ2) is 6.20. The molecule has 2 heterocycles. The van der Waals surface area contributed by atoms with Crippen molar-refractivity contribution in [3.05, 3.63) is 58.0 Å². The Balaban J connectivity index is 1.97. The van der Waals surface area contributed by atoms with Gasteiger partial charge in [0, 0.05) is 24.4 Å². The molecule has 6 heteroatoms. The van der Waals surface area contributed by atoms with Crippen LogP contribution in [0.5, 0.6) is 5.75 Å². The maximum atomic E-state index is 12.8. The van der Waals surface area contributed by atoms with Crippen molar-refractivity contribution in [3.63, 3.8) is 0 Å². The van der Waals surface area contributed by atoms with Gasteiger partial charge in [0.25, 0.3) is 11.5 Å². The fourth-order valence-electron chi connectivity index (χ4n) is 2.96. The lowest BCUT2D eigenvalue weighted by molar-refractivity contribution is -0.125. The number of aryl methyl sites for hydroxylation is 1. The summed E-state index contributed by atoms with van der Waals surface area (Å²) in [7, 11) is 1.66. The van der Waals surface area contributed by atoms with Crippen LogP contribution in [0.15, 0.2) is 41.3 Å². The maximum Gasteiger partial charge on any atom is 0.267 e. The van der Waals surface area contributed by atoms with Crippen LogP contribution in [0.3, 0.4) is 0 Å². The van der Waals surface area contributed by atoms with Crippen LogP contribution in [0.25, 0.3) is 0 Å². The summed E-state index contributed by atoms with van der Waals surface area (Å²) in [5, 5.41) is 0. The van der Waals surface area contributed by atoms with Crippen molar-refractivity contribution in [1.82, 2.24) is 4.57 Å². The number of carbonyl (C=O) groups excluding carboxylic acids is 2. The van der Waals surface area contributed by atoms with Crippen LogP contribution in [-0.2, 0) is 4.79 Å². The number of nitrogens with zero attached hydrogens (tertiary/aromatic N) is 2. The lowest BCUT2D eigenvalue weighted by atomic mass is 10.0. The molecular weight excluding hydrogens is 320 g/mol. The van der Waals surface area contributed by atoms with E-state index in [2.05, 4.69) is 0 Å². The number of ketones is 1. The first-order valence-corrected chi connectivity index (χ1v) is 8.11. The van der Waals surface area contributed by atoms with Crippen LogP contribution in [0.4, 0.5) is 5.69 Å². The third-order valence-electron chi connectivity index (χ3n) is 4.55. The third kappa shape index (κ3) is 2.84. The van der Waals surface area contributed by atoms with E-state index in [0.717, 1.165) is 0 Å². The molecule has 1 aliphatic heterocycles. The first-order valence-electron chi connectivity index (χ1n) is 8.11. The Morgan fingerprint density at radius 2 is 1.96 bits per heavy atom. The van der Waals surface area contributed by atoms with Crippen LogP contribution in [-0.4, -0.2) is 29.4 Å². The van der Waals surface area contributed by atoms with E-state index in [4.69, 9.17) is 4.74 Å². The van der Waals surface area contributed by atoms with E-state index in [0.29, 0.717) is 22.6 Å². The normalized spacial score (nSPS) is 17.7. The van der Waals surface area contributed by atoms with E-state index in [1.807, 2.05) is 0 Å². The first-order chi connectivity index (χ1) is 11.8. The number of anilines is 1. The maximum absolute atomic E-state index is 12.8. The fourth-order valence-corrected chi connectivity index (χ4v) is 2.96. The summed E-state index contributed by atoms with van der Waals surface area (Å²) in [4.78, 5) is 38.7. The number of ether oxygens (including phenoxy) is 1. The largest absolute Gasteiger partial charge is 0.479 e. The van der Waals surface area contributed by atoms with Crippen molar-refractivity contribution in [2.24, 2.45) is 0 Å². The van der Waals surface area contributed by atoms with Gasteiger partial charge in [-0.25, -0.2) is 0 Å². The topological polar surface area (TPSA) is 68.6 Å². The molecule has 0 fully saturated rings. The van der Waals surface area contributed by atoms with Crippen LogP contribution in [0.2, 0.25) is 0 Å². The van der Waals surface area contributed by atoms with Gasteiger partial charge in [-0.3, -0.25) is 14.4 Å². The molecule has 0 saturated carbocycles. The lowest BCUT2D eigenvalue weighted by Crippen LogP contribution is -2.42. The van der Waals surface area contributed by atoms with Gasteiger partial charge in [0.2, 0.25) is 0 Å². The van der Waals surface area contributed by atoms with Gasteiger partial charge in [0.15, 0.2) is 11.9 Å². The molecule has 2 unspecified atom stereocenters. The standard InChI is InChI=1S/C19H20N2O4/c1-11-6-5-9-21(18(11)23)12(2)17(22)14-7-8-16-15(10-14)20(4)19(24)13(3)25-16/h5-10,12-13H,1-4H3. The van der Waals surface area contributed by atoms with Crippen LogP contribution in [0.1, 0.15) is 35.8 Å². The van der Waals surface area contributed by atoms with E-state index in [1.54, 1.807) is 64.3 Å². The monoisotopic (exact) mass is 340 g/mol. The second-order valence-electron chi connectivity index (χ2n) is 6.28. The Labute approximate surface area is 145 Å². The van der Waals surface area contributed by atoms with E-state index in [-0.39, 0.29) is 17.2 Å². The van der Waals surface area contributed by atoms with Gasteiger partial charge in [-0.2, -0.15) is 0 Å². The zero-order chi connectivity index (χ0) is 18.3. The zero-order valence-corrected chi connectivity index (χ0v) is 14.6. The number of Topliss-reactive ketones (excluding diaryl/α,β-unsaturated/α-hetero) is 1. The van der Waals surface area contributed by atoms with Gasteiger partial charge in [0.1, 0.15) is 5.75 Å². The van der Waals surface area contributed by atoms with Gasteiger partial charge in [-0.15, -0.1) is 0 Å². The molecule has 1 aromatic heterocycles. The van der Waals surface area contributed by atoms with E-state index < -0.39 is 12.1 Å². The molecule has 0 saturated heterocycles. The summed E-state index contributed by atoms with van der Waals surface area (Å²) in [5.74, 6) is 0.196. The summed E-state index contributed by atoms with van der Waals surface area (Å²) < 4.78 is 6.99. The van der Waals surface area contributed by atoms with Gasteiger partial charge in [-0.1, -0.05) is 6.07 Å². The van der Waals surface area contributed by atoms with Crippen LogP contribution >= 0.6 is 0 Å². The van der Waals surface area contributed by atoms with Crippen LogP contribution in [0, 0.1) is 6.92 Å². The first kappa shape index (κ1) is 17.0. The lowest BCUT2D eigenvalue weighted by Gasteiger charge is -2.30. The molecular formula is C19H20N2O4. The predicted molar refractivity (Wildman–Crippen MR) is 94.4 cm³/mol. The molecule has 130 valence electrons. The van der Waals surface area contributed by atoms with Crippen molar-refractivity contribution in [2.45, 2.75) is 32.9 Å². The summed E-state index contributed by atoms with van der Waals surface area (Å²) in [6.07, 6.45) is 1.06. The number of pyridine rings is 1. The molecule has 0 bridgehead atoms. The minimum absolute atomic E-state index is 0.167. The van der Waals surface area contributed by atoms with Gasteiger partial charge in [0.05, 0.1) is 11.7 Å². The average molecular weight is 340 g/mol. The number of aromatic nitrogens is 1. The Morgan fingerprint density at radius 1 is 1.24 bits per heavy atom. The number of fused-ring (bicyclic) bond motifs is 1. The fraction of sp³-hybridized carbons (Fsp3) is 0.316. The van der Waals surface area contributed by atoms with Crippen molar-refractivity contribution < 1.29 is 14.3 Å². The number of amides is 1. The summed E-state index contributed by atoms with van der Waals surface area (Å²) in [6, 6.07) is 7.81. The number of benzene rings is 1. The Bertz CT molecular complexity index is 916. The van der Waals surface area contributed by atoms with E-state index in [1.165, 1.54) is 9.47 Å². The summed E-state index contributed by atoms with van der Waals surface area (Å²) >= 11 is 0. The van der Waals surface area contributed by atoms with Crippen molar-refractivity contribution in [2.75, 3.05) is 11.9 Å². The highest BCUT2D eigenvalue weighted by atomic mass is 16.5. The van der Waals surface area contributed by atoms with Crippen LogP contribution < -0.4 is 15.2 Å². The second-order valence-corrected chi connectivity index (χ2v) is 6.28. The Hall–Kier alpha value is -2.89. The molecule has 1 aromatic carbocycles. The molecule has 25 heavy (non-hydrogen) atoms.